The van der Waals surface area contributed by atoms with E-state index in [9.17, 15) is 18.4 Å². The Hall–Kier alpha value is -2.50. The highest BCUT2D eigenvalue weighted by molar-refractivity contribution is 6.04. The first kappa shape index (κ1) is 18.3. The number of esters is 1. The molecule has 0 saturated heterocycles. The van der Waals surface area contributed by atoms with Gasteiger partial charge in [0.25, 0.3) is 0 Å². The third-order valence-electron chi connectivity index (χ3n) is 4.92. The van der Waals surface area contributed by atoms with E-state index >= 15 is 0 Å². The molecule has 0 saturated carbocycles. The number of halogens is 2. The van der Waals surface area contributed by atoms with Crippen molar-refractivity contribution < 1.29 is 23.1 Å². The Morgan fingerprint density at radius 3 is 2.54 bits per heavy atom. The molecule has 0 aromatic heterocycles. The molecule has 26 heavy (non-hydrogen) atoms. The topological polar surface area (TPSA) is 55.4 Å². The second kappa shape index (κ2) is 6.34. The number of carbonyl (C=O) groups is 2. The van der Waals surface area contributed by atoms with Crippen LogP contribution in [0.2, 0.25) is 0 Å². The highest BCUT2D eigenvalue weighted by Crippen LogP contribution is 2.46. The summed E-state index contributed by atoms with van der Waals surface area (Å²) in [5, 5.41) is 3.17. The van der Waals surface area contributed by atoms with Crippen LogP contribution in [0.25, 0.3) is 0 Å². The molecule has 138 valence electrons. The number of carbonyl (C=O) groups excluding carboxylic acids is 2. The number of methoxy groups -OCH3 is 1. The Morgan fingerprint density at radius 1 is 1.23 bits per heavy atom. The van der Waals surface area contributed by atoms with Crippen LogP contribution in [0.5, 0.6) is 0 Å². The van der Waals surface area contributed by atoms with Gasteiger partial charge in [-0.15, -0.1) is 0 Å². The van der Waals surface area contributed by atoms with Crippen LogP contribution in [0.4, 0.5) is 8.78 Å². The summed E-state index contributed by atoms with van der Waals surface area (Å²) in [5.41, 5.74) is 2.09. The molecular weight excluding hydrogens is 340 g/mol. The van der Waals surface area contributed by atoms with E-state index in [1.165, 1.54) is 13.2 Å². The predicted molar refractivity (Wildman–Crippen MR) is 92.0 cm³/mol. The lowest BCUT2D eigenvalue weighted by atomic mass is 9.68. The molecule has 0 amide bonds. The van der Waals surface area contributed by atoms with E-state index in [1.807, 2.05) is 13.8 Å². The predicted octanol–water partition coefficient (Wildman–Crippen LogP) is 3.74. The van der Waals surface area contributed by atoms with Gasteiger partial charge in [0, 0.05) is 29.3 Å². The molecule has 1 aromatic carbocycles. The zero-order chi connectivity index (χ0) is 19.2. The number of hydrogen-bond donors (Lipinski definition) is 1. The highest BCUT2D eigenvalue weighted by atomic mass is 19.2. The summed E-state index contributed by atoms with van der Waals surface area (Å²) >= 11 is 0. The average Bonchev–Trinajstić information content (AvgIpc) is 2.54. The van der Waals surface area contributed by atoms with Gasteiger partial charge in [-0.1, -0.05) is 19.9 Å². The van der Waals surface area contributed by atoms with Gasteiger partial charge in [-0.05, 0) is 36.5 Å². The van der Waals surface area contributed by atoms with Crippen molar-refractivity contribution in [1.29, 1.82) is 0 Å². The smallest absolute Gasteiger partial charge is 0.336 e. The number of benzene rings is 1. The van der Waals surface area contributed by atoms with E-state index in [1.54, 1.807) is 6.92 Å². The molecular formula is C20H21F2NO3. The van der Waals surface area contributed by atoms with Crippen molar-refractivity contribution in [2.45, 2.75) is 39.5 Å². The van der Waals surface area contributed by atoms with Crippen molar-refractivity contribution in [2.24, 2.45) is 5.41 Å². The lowest BCUT2D eigenvalue weighted by Crippen LogP contribution is -2.38. The SMILES string of the molecule is COC(=O)C1=C(C)NC2=C(C(=O)CC(C)(C)C2)[C@@H]1c1ccc(F)c(F)c1. The fraction of sp³-hybridized carbons (Fsp3) is 0.400. The molecule has 1 atom stereocenters. The summed E-state index contributed by atoms with van der Waals surface area (Å²) in [6, 6.07) is 3.45. The summed E-state index contributed by atoms with van der Waals surface area (Å²) in [5.74, 6) is -3.49. The van der Waals surface area contributed by atoms with Gasteiger partial charge in [0.05, 0.1) is 12.7 Å². The molecule has 0 unspecified atom stereocenters. The number of dihydropyridines is 1. The Kier molecular flexibility index (Phi) is 4.46. The minimum atomic E-state index is -1.02. The molecule has 0 bridgehead atoms. The first-order valence-electron chi connectivity index (χ1n) is 8.42. The molecule has 2 aliphatic rings. The van der Waals surface area contributed by atoms with Crippen LogP contribution in [-0.4, -0.2) is 18.9 Å². The van der Waals surface area contributed by atoms with Gasteiger partial charge < -0.3 is 10.1 Å². The summed E-state index contributed by atoms with van der Waals surface area (Å²) in [6.07, 6.45) is 0.946. The lowest BCUT2D eigenvalue weighted by Gasteiger charge is -2.39. The third kappa shape index (κ3) is 3.04. The van der Waals surface area contributed by atoms with Gasteiger partial charge in [-0.2, -0.15) is 0 Å². The van der Waals surface area contributed by atoms with Gasteiger partial charge in [-0.3, -0.25) is 4.79 Å². The fourth-order valence-electron chi connectivity index (χ4n) is 3.84. The van der Waals surface area contributed by atoms with Crippen LogP contribution in [0, 0.1) is 17.0 Å². The zero-order valence-corrected chi connectivity index (χ0v) is 15.2. The molecule has 1 N–H and O–H groups in total. The molecule has 0 radical (unpaired) electrons. The molecule has 1 aliphatic carbocycles. The van der Waals surface area contributed by atoms with Crippen LogP contribution in [-0.2, 0) is 14.3 Å². The van der Waals surface area contributed by atoms with Crippen LogP contribution >= 0.6 is 0 Å². The van der Waals surface area contributed by atoms with E-state index in [0.29, 0.717) is 29.7 Å². The third-order valence-corrected chi connectivity index (χ3v) is 4.92. The second-order valence-corrected chi connectivity index (χ2v) is 7.59. The Morgan fingerprint density at radius 2 is 1.92 bits per heavy atom. The molecule has 0 spiro atoms. The number of nitrogens with one attached hydrogen (secondary N) is 1. The van der Waals surface area contributed by atoms with Crippen molar-refractivity contribution in [3.63, 3.8) is 0 Å². The van der Waals surface area contributed by atoms with E-state index in [-0.39, 0.29) is 16.8 Å². The average molecular weight is 361 g/mol. The van der Waals surface area contributed by atoms with Crippen LogP contribution in [0.1, 0.15) is 45.1 Å². The van der Waals surface area contributed by atoms with Crippen molar-refractivity contribution in [1.82, 2.24) is 5.32 Å². The molecule has 0 fully saturated rings. The minimum Gasteiger partial charge on any atom is -0.466 e. The van der Waals surface area contributed by atoms with Crippen molar-refractivity contribution in [3.8, 4) is 0 Å². The van der Waals surface area contributed by atoms with E-state index in [0.717, 1.165) is 17.8 Å². The van der Waals surface area contributed by atoms with Crippen LogP contribution in [0.15, 0.2) is 40.7 Å². The lowest BCUT2D eigenvalue weighted by molar-refractivity contribution is -0.136. The molecule has 6 heteroatoms. The number of hydrogen-bond acceptors (Lipinski definition) is 4. The maximum Gasteiger partial charge on any atom is 0.336 e. The largest absolute Gasteiger partial charge is 0.466 e. The summed E-state index contributed by atoms with van der Waals surface area (Å²) < 4.78 is 32.2. The first-order chi connectivity index (χ1) is 12.1. The summed E-state index contributed by atoms with van der Waals surface area (Å²) in [7, 11) is 1.25. The number of ether oxygens (including phenoxy) is 1. The standard InChI is InChI=1S/C20H21F2NO3/c1-10-16(19(25)26-4)17(11-5-6-12(21)13(22)7-11)18-14(23-10)8-20(2,3)9-15(18)24/h5-7,17,23H,8-9H2,1-4H3/t17-/m1/s1. The summed E-state index contributed by atoms with van der Waals surface area (Å²) in [6.45, 7) is 5.71. The van der Waals surface area contributed by atoms with Crippen LogP contribution in [0.3, 0.4) is 0 Å². The first-order valence-corrected chi connectivity index (χ1v) is 8.42. The number of Topliss-reactive ketones (excluding diaryl/α,β-unsaturated/α-hetero) is 1. The number of ketones is 1. The van der Waals surface area contributed by atoms with Crippen LogP contribution < -0.4 is 5.32 Å². The van der Waals surface area contributed by atoms with E-state index in [4.69, 9.17) is 4.74 Å². The molecule has 3 rings (SSSR count). The Balaban J connectivity index is 2.22. The second-order valence-electron chi connectivity index (χ2n) is 7.59. The Labute approximate surface area is 150 Å². The number of allylic oxidation sites excluding steroid dienone is 3. The highest BCUT2D eigenvalue weighted by Gasteiger charge is 2.43. The minimum absolute atomic E-state index is 0.104. The monoisotopic (exact) mass is 361 g/mol. The molecule has 1 heterocycles. The maximum atomic E-state index is 13.9. The molecule has 1 aromatic rings. The van der Waals surface area contributed by atoms with Gasteiger partial charge in [0.2, 0.25) is 0 Å². The Bertz CT molecular complexity index is 868. The van der Waals surface area contributed by atoms with Crippen molar-refractivity contribution >= 4 is 11.8 Å². The zero-order valence-electron chi connectivity index (χ0n) is 15.2. The van der Waals surface area contributed by atoms with Gasteiger partial charge >= 0.3 is 5.97 Å². The van der Waals surface area contributed by atoms with E-state index in [2.05, 4.69) is 5.32 Å². The van der Waals surface area contributed by atoms with Crippen molar-refractivity contribution in [3.05, 3.63) is 57.9 Å². The van der Waals surface area contributed by atoms with Gasteiger partial charge in [0.15, 0.2) is 17.4 Å². The molecule has 1 aliphatic heterocycles. The summed E-state index contributed by atoms with van der Waals surface area (Å²) in [4.78, 5) is 25.3. The quantitative estimate of drug-likeness (QED) is 0.816. The normalized spacial score (nSPS) is 22.1. The van der Waals surface area contributed by atoms with Crippen molar-refractivity contribution in [2.75, 3.05) is 7.11 Å². The number of rotatable bonds is 2. The maximum absolute atomic E-state index is 13.9. The van der Waals surface area contributed by atoms with Gasteiger partial charge in [0.1, 0.15) is 0 Å². The van der Waals surface area contributed by atoms with E-state index < -0.39 is 23.5 Å². The fourth-order valence-corrected chi connectivity index (χ4v) is 3.84. The van der Waals surface area contributed by atoms with Gasteiger partial charge in [-0.25, -0.2) is 13.6 Å². The molecule has 4 nitrogen and oxygen atoms in total.